The number of fused-ring (bicyclic) bond motifs is 2. The number of aryl methyl sites for hydroxylation is 4. The highest BCUT2D eigenvalue weighted by atomic mass is 16.2. The Kier molecular flexibility index (Phi) is 4.83. The fraction of sp³-hybridized carbons (Fsp3) is 0.500. The number of nitrogens with zero attached hydrogens (tertiary/aromatic N) is 4. The molecule has 3 saturated heterocycles. The van der Waals surface area contributed by atoms with Gasteiger partial charge in [0.25, 0.3) is 0 Å². The van der Waals surface area contributed by atoms with Crippen LogP contribution in [0.15, 0.2) is 18.5 Å². The molecule has 5 rings (SSSR count). The predicted octanol–water partition coefficient (Wildman–Crippen LogP) is 2.92. The highest BCUT2D eigenvalue weighted by molar-refractivity contribution is 5.94. The zero-order chi connectivity index (χ0) is 20.0. The van der Waals surface area contributed by atoms with Gasteiger partial charge in [-0.3, -0.25) is 9.69 Å². The number of anilines is 2. The molecule has 1 aromatic heterocycles. The molecule has 2 unspecified atom stereocenters. The van der Waals surface area contributed by atoms with Crippen LogP contribution >= 0.6 is 0 Å². The van der Waals surface area contributed by atoms with E-state index in [1.54, 1.807) is 6.33 Å². The minimum absolute atomic E-state index is 0.0762. The van der Waals surface area contributed by atoms with Crippen LogP contribution in [-0.4, -0.2) is 52.5 Å². The lowest BCUT2D eigenvalue weighted by molar-refractivity contribution is -0.121. The topological polar surface area (TPSA) is 61.4 Å². The van der Waals surface area contributed by atoms with Gasteiger partial charge in [-0.1, -0.05) is 17.7 Å². The van der Waals surface area contributed by atoms with E-state index >= 15 is 0 Å². The van der Waals surface area contributed by atoms with Crippen molar-refractivity contribution in [2.75, 3.05) is 29.9 Å². The van der Waals surface area contributed by atoms with Gasteiger partial charge in [0.15, 0.2) is 0 Å². The van der Waals surface area contributed by atoms with Crippen molar-refractivity contribution >= 4 is 17.4 Å². The molecular formula is C22H29N5O. The highest BCUT2D eigenvalue weighted by Crippen LogP contribution is 2.35. The summed E-state index contributed by atoms with van der Waals surface area (Å²) in [5, 5.41) is 3.14. The zero-order valence-electron chi connectivity index (χ0n) is 17.4. The molecule has 1 aromatic carbocycles. The number of benzene rings is 1. The lowest BCUT2D eigenvalue weighted by Crippen LogP contribution is -2.70. The average Bonchev–Trinajstić information content (AvgIpc) is 2.65. The number of hydrogen-bond donors (Lipinski definition) is 1. The Hall–Kier alpha value is -2.47. The van der Waals surface area contributed by atoms with Gasteiger partial charge in [0.1, 0.15) is 12.1 Å². The number of hydrogen-bond acceptors (Lipinski definition) is 5. The summed E-state index contributed by atoms with van der Waals surface area (Å²) in [4.78, 5) is 26.2. The molecule has 6 nitrogen and oxygen atoms in total. The van der Waals surface area contributed by atoms with Gasteiger partial charge in [-0.2, -0.15) is 0 Å². The fourth-order valence-corrected chi connectivity index (χ4v) is 4.68. The van der Waals surface area contributed by atoms with Crippen LogP contribution in [0.3, 0.4) is 0 Å². The molecule has 2 atom stereocenters. The SMILES string of the molecule is Cc1cc(C)c(NC(=O)CN2C3CC2CN(c2ncnc(C)c2C)C3)c(C)c1. The first kappa shape index (κ1) is 18.9. The molecule has 0 radical (unpaired) electrons. The molecule has 1 N–H and O–H groups in total. The molecule has 3 aliphatic heterocycles. The van der Waals surface area contributed by atoms with E-state index in [1.165, 1.54) is 5.56 Å². The molecule has 2 aromatic rings. The first-order valence-corrected chi connectivity index (χ1v) is 10.00. The van der Waals surface area contributed by atoms with Gasteiger partial charge in [-0.15, -0.1) is 0 Å². The van der Waals surface area contributed by atoms with Crippen LogP contribution in [-0.2, 0) is 4.79 Å². The molecule has 148 valence electrons. The third kappa shape index (κ3) is 3.37. The second kappa shape index (κ2) is 7.17. The third-order valence-electron chi connectivity index (χ3n) is 6.22. The van der Waals surface area contributed by atoms with Gasteiger partial charge < -0.3 is 10.2 Å². The van der Waals surface area contributed by atoms with Crippen molar-refractivity contribution < 1.29 is 4.79 Å². The van der Waals surface area contributed by atoms with Gasteiger partial charge in [0, 0.05) is 42.1 Å². The molecule has 3 fully saturated rings. The molecule has 0 saturated carbocycles. The van der Waals surface area contributed by atoms with Crippen molar-refractivity contribution in [1.29, 1.82) is 0 Å². The maximum atomic E-state index is 12.7. The second-order valence-corrected chi connectivity index (χ2v) is 8.35. The molecule has 2 bridgehead atoms. The smallest absolute Gasteiger partial charge is 0.238 e. The van der Waals surface area contributed by atoms with E-state index in [9.17, 15) is 4.79 Å². The standard InChI is InChI=1S/C22H29N5O/c1-13-6-14(2)21(15(3)7-13)25-20(28)11-27-18-8-19(27)10-26(9-18)22-16(4)17(5)23-12-24-22/h6-7,12,18-19H,8-11H2,1-5H3,(H,25,28). The fourth-order valence-electron chi connectivity index (χ4n) is 4.68. The Balaban J connectivity index is 1.39. The number of carbonyl (C=O) groups is 1. The van der Waals surface area contributed by atoms with E-state index in [0.29, 0.717) is 18.6 Å². The minimum Gasteiger partial charge on any atom is -0.353 e. The van der Waals surface area contributed by atoms with E-state index in [0.717, 1.165) is 53.4 Å². The molecule has 6 heteroatoms. The van der Waals surface area contributed by atoms with Crippen molar-refractivity contribution in [3.63, 3.8) is 0 Å². The van der Waals surface area contributed by atoms with Crippen LogP contribution in [0.1, 0.15) is 34.4 Å². The van der Waals surface area contributed by atoms with Gasteiger partial charge >= 0.3 is 0 Å². The minimum atomic E-state index is 0.0762. The summed E-state index contributed by atoms with van der Waals surface area (Å²) in [7, 11) is 0. The molecule has 1 amide bonds. The van der Waals surface area contributed by atoms with E-state index in [2.05, 4.69) is 64.9 Å². The molecule has 3 aliphatic rings. The molecule has 0 spiro atoms. The van der Waals surface area contributed by atoms with Gasteiger partial charge in [-0.05, 0) is 52.2 Å². The number of amides is 1. The van der Waals surface area contributed by atoms with Crippen LogP contribution in [0.25, 0.3) is 0 Å². The Labute approximate surface area is 167 Å². The molecule has 4 heterocycles. The van der Waals surface area contributed by atoms with Crippen LogP contribution in [0.4, 0.5) is 11.5 Å². The maximum Gasteiger partial charge on any atom is 0.238 e. The van der Waals surface area contributed by atoms with Gasteiger partial charge in [0.2, 0.25) is 5.91 Å². The molecule has 0 aliphatic carbocycles. The summed E-state index contributed by atoms with van der Waals surface area (Å²) in [6.45, 7) is 12.6. The highest BCUT2D eigenvalue weighted by Gasteiger charge is 2.45. The van der Waals surface area contributed by atoms with Crippen LogP contribution in [0, 0.1) is 34.6 Å². The number of carbonyl (C=O) groups excluding carboxylic acids is 1. The van der Waals surface area contributed by atoms with Crippen molar-refractivity contribution in [2.24, 2.45) is 0 Å². The van der Waals surface area contributed by atoms with E-state index < -0.39 is 0 Å². The largest absolute Gasteiger partial charge is 0.353 e. The van der Waals surface area contributed by atoms with Crippen LogP contribution in [0.5, 0.6) is 0 Å². The first-order chi connectivity index (χ1) is 13.3. The van der Waals surface area contributed by atoms with E-state index in [4.69, 9.17) is 0 Å². The summed E-state index contributed by atoms with van der Waals surface area (Å²) in [6.07, 6.45) is 2.81. The number of piperidine rings is 1. The van der Waals surface area contributed by atoms with Crippen molar-refractivity contribution in [3.05, 3.63) is 46.4 Å². The van der Waals surface area contributed by atoms with Gasteiger partial charge in [-0.25, -0.2) is 9.97 Å². The molecular weight excluding hydrogens is 350 g/mol. The normalized spacial score (nSPS) is 21.4. The third-order valence-corrected chi connectivity index (χ3v) is 6.22. The van der Waals surface area contributed by atoms with E-state index in [1.807, 2.05) is 6.92 Å². The average molecular weight is 380 g/mol. The Bertz CT molecular complexity index is 890. The van der Waals surface area contributed by atoms with Crippen LogP contribution in [0.2, 0.25) is 0 Å². The Morgan fingerprint density at radius 1 is 1.07 bits per heavy atom. The lowest BCUT2D eigenvalue weighted by atomic mass is 9.87. The lowest BCUT2D eigenvalue weighted by Gasteiger charge is -2.56. The maximum absolute atomic E-state index is 12.7. The van der Waals surface area contributed by atoms with Crippen molar-refractivity contribution in [1.82, 2.24) is 14.9 Å². The van der Waals surface area contributed by atoms with Crippen LogP contribution < -0.4 is 10.2 Å². The first-order valence-electron chi connectivity index (χ1n) is 10.00. The summed E-state index contributed by atoms with van der Waals surface area (Å²) in [5.41, 5.74) is 6.60. The quantitative estimate of drug-likeness (QED) is 0.885. The number of rotatable bonds is 4. The number of nitrogens with one attached hydrogen (secondary N) is 1. The van der Waals surface area contributed by atoms with Gasteiger partial charge in [0.05, 0.1) is 6.54 Å². The summed E-state index contributed by atoms with van der Waals surface area (Å²) < 4.78 is 0. The Morgan fingerprint density at radius 2 is 1.71 bits per heavy atom. The number of aromatic nitrogens is 2. The summed E-state index contributed by atoms with van der Waals surface area (Å²) in [5.74, 6) is 1.12. The summed E-state index contributed by atoms with van der Waals surface area (Å²) in [6, 6.07) is 5.06. The predicted molar refractivity (Wildman–Crippen MR) is 112 cm³/mol. The number of piperazine rings is 1. The van der Waals surface area contributed by atoms with E-state index in [-0.39, 0.29) is 5.91 Å². The Morgan fingerprint density at radius 3 is 2.36 bits per heavy atom. The monoisotopic (exact) mass is 379 g/mol. The zero-order valence-corrected chi connectivity index (χ0v) is 17.4. The van der Waals surface area contributed by atoms with Crippen molar-refractivity contribution in [2.45, 2.75) is 53.1 Å². The summed E-state index contributed by atoms with van der Waals surface area (Å²) >= 11 is 0. The van der Waals surface area contributed by atoms with Crippen molar-refractivity contribution in [3.8, 4) is 0 Å². The molecule has 28 heavy (non-hydrogen) atoms. The second-order valence-electron chi connectivity index (χ2n) is 8.35.